The minimum absolute atomic E-state index is 0.232. The molecule has 2 heterocycles. The number of benzene rings is 1. The fourth-order valence-corrected chi connectivity index (χ4v) is 4.70. The zero-order valence-electron chi connectivity index (χ0n) is 13.0. The van der Waals surface area contributed by atoms with Crippen molar-refractivity contribution >= 4 is 44.7 Å². The lowest BCUT2D eigenvalue weighted by Crippen LogP contribution is -1.99. The lowest BCUT2D eigenvalue weighted by atomic mass is 10.1. The van der Waals surface area contributed by atoms with Gasteiger partial charge in [0.2, 0.25) is 5.28 Å². The van der Waals surface area contributed by atoms with Crippen molar-refractivity contribution < 1.29 is 0 Å². The van der Waals surface area contributed by atoms with Gasteiger partial charge in [0, 0.05) is 4.88 Å². The first kappa shape index (κ1) is 15.4. The monoisotopic (exact) mass is 354 g/mol. The fraction of sp³-hybridized carbons (Fsp3) is 0.278. The molecule has 4 nitrogen and oxygen atoms in total. The van der Waals surface area contributed by atoms with E-state index in [9.17, 15) is 5.26 Å². The second-order valence-corrected chi connectivity index (χ2v) is 7.29. The highest BCUT2D eigenvalue weighted by Gasteiger charge is 2.20. The van der Waals surface area contributed by atoms with E-state index < -0.39 is 0 Å². The van der Waals surface area contributed by atoms with Gasteiger partial charge in [0.15, 0.2) is 0 Å². The van der Waals surface area contributed by atoms with Crippen LogP contribution in [0.25, 0.3) is 10.2 Å². The smallest absolute Gasteiger partial charge is 0.225 e. The molecular formula is C18H15ClN4S. The summed E-state index contributed by atoms with van der Waals surface area (Å²) in [6.07, 6.45) is 5.82. The van der Waals surface area contributed by atoms with Crippen LogP contribution in [0.4, 0.5) is 11.5 Å². The number of aryl methyl sites for hydroxylation is 2. The third-order valence-corrected chi connectivity index (χ3v) is 5.69. The normalized spacial score (nSPS) is 14.0. The van der Waals surface area contributed by atoms with E-state index >= 15 is 0 Å². The lowest BCUT2D eigenvalue weighted by molar-refractivity contribution is 0.713. The molecule has 0 saturated carbocycles. The summed E-state index contributed by atoms with van der Waals surface area (Å²) in [5, 5.41) is 13.9. The van der Waals surface area contributed by atoms with Crippen LogP contribution in [0.1, 0.15) is 35.3 Å². The van der Waals surface area contributed by atoms with Crippen LogP contribution in [0.15, 0.2) is 24.3 Å². The molecule has 0 radical (unpaired) electrons. The summed E-state index contributed by atoms with van der Waals surface area (Å²) in [6, 6.07) is 9.63. The zero-order valence-corrected chi connectivity index (χ0v) is 14.5. The predicted molar refractivity (Wildman–Crippen MR) is 98.1 cm³/mol. The summed E-state index contributed by atoms with van der Waals surface area (Å²) in [5.41, 5.74) is 2.67. The van der Waals surface area contributed by atoms with Gasteiger partial charge in [-0.3, -0.25) is 0 Å². The van der Waals surface area contributed by atoms with Gasteiger partial charge in [-0.25, -0.2) is 4.98 Å². The Bertz CT molecular complexity index is 958. The number of nitriles is 1. The van der Waals surface area contributed by atoms with E-state index in [2.05, 4.69) is 21.4 Å². The zero-order chi connectivity index (χ0) is 16.5. The molecule has 4 rings (SSSR count). The molecule has 0 saturated heterocycles. The number of fused-ring (bicyclic) bond motifs is 3. The Hall–Kier alpha value is -2.16. The third-order valence-electron chi connectivity index (χ3n) is 4.34. The van der Waals surface area contributed by atoms with E-state index in [1.54, 1.807) is 17.4 Å². The molecule has 1 N–H and O–H groups in total. The minimum atomic E-state index is 0.232. The van der Waals surface area contributed by atoms with Gasteiger partial charge in [-0.15, -0.1) is 11.3 Å². The van der Waals surface area contributed by atoms with Crippen LogP contribution in [-0.2, 0) is 12.8 Å². The molecule has 120 valence electrons. The predicted octanol–water partition coefficient (Wildman–Crippen LogP) is 5.23. The number of aromatic nitrogens is 2. The van der Waals surface area contributed by atoms with Crippen LogP contribution in [0.5, 0.6) is 0 Å². The van der Waals surface area contributed by atoms with Crippen molar-refractivity contribution in [2.24, 2.45) is 0 Å². The first-order valence-electron chi connectivity index (χ1n) is 8.00. The Morgan fingerprint density at radius 1 is 1.12 bits per heavy atom. The molecule has 1 aliphatic carbocycles. The number of hydrogen-bond acceptors (Lipinski definition) is 5. The van der Waals surface area contributed by atoms with E-state index in [4.69, 9.17) is 11.6 Å². The molecule has 0 unspecified atom stereocenters. The molecule has 6 heteroatoms. The summed E-state index contributed by atoms with van der Waals surface area (Å²) in [6.45, 7) is 0. The minimum Gasteiger partial charge on any atom is -0.338 e. The SMILES string of the molecule is N#Cc1ccccc1Nc1nc(Cl)nc2sc3c(c12)CCCCC3. The number of halogens is 1. The third kappa shape index (κ3) is 2.72. The van der Waals surface area contributed by atoms with E-state index in [1.807, 2.05) is 18.2 Å². The molecule has 0 bridgehead atoms. The summed E-state index contributed by atoms with van der Waals surface area (Å²) < 4.78 is 0. The van der Waals surface area contributed by atoms with E-state index in [0.29, 0.717) is 11.4 Å². The quantitative estimate of drug-likeness (QED) is 0.505. The molecule has 0 atom stereocenters. The molecule has 3 aromatic rings. The van der Waals surface area contributed by atoms with Crippen molar-refractivity contribution in [3.05, 3.63) is 45.6 Å². The maximum Gasteiger partial charge on any atom is 0.225 e. The average Bonchev–Trinajstić information content (AvgIpc) is 2.76. The highest BCUT2D eigenvalue weighted by Crippen LogP contribution is 2.39. The Morgan fingerprint density at radius 3 is 2.83 bits per heavy atom. The number of hydrogen-bond donors (Lipinski definition) is 1. The van der Waals surface area contributed by atoms with Crippen LogP contribution in [-0.4, -0.2) is 9.97 Å². The number of para-hydroxylation sites is 1. The van der Waals surface area contributed by atoms with Crippen molar-refractivity contribution in [1.82, 2.24) is 9.97 Å². The molecular weight excluding hydrogens is 340 g/mol. The van der Waals surface area contributed by atoms with Gasteiger partial charge in [0.25, 0.3) is 0 Å². The number of thiophene rings is 1. The lowest BCUT2D eigenvalue weighted by Gasteiger charge is -2.10. The van der Waals surface area contributed by atoms with Crippen LogP contribution in [0.3, 0.4) is 0 Å². The Morgan fingerprint density at radius 2 is 1.96 bits per heavy atom. The first-order valence-corrected chi connectivity index (χ1v) is 9.19. The second kappa shape index (κ2) is 6.39. The molecule has 0 aliphatic heterocycles. The highest BCUT2D eigenvalue weighted by atomic mass is 35.5. The summed E-state index contributed by atoms with van der Waals surface area (Å²) in [7, 11) is 0. The number of nitrogens with zero attached hydrogens (tertiary/aromatic N) is 3. The van der Waals surface area contributed by atoms with Crippen molar-refractivity contribution in [2.75, 3.05) is 5.32 Å². The number of nitrogens with one attached hydrogen (secondary N) is 1. The molecule has 1 aliphatic rings. The van der Waals surface area contributed by atoms with Crippen LogP contribution >= 0.6 is 22.9 Å². The van der Waals surface area contributed by atoms with Gasteiger partial charge in [0.05, 0.1) is 16.6 Å². The average molecular weight is 355 g/mol. The Kier molecular flexibility index (Phi) is 4.09. The first-order chi connectivity index (χ1) is 11.8. The van der Waals surface area contributed by atoms with Gasteiger partial charge in [-0.1, -0.05) is 18.6 Å². The largest absolute Gasteiger partial charge is 0.338 e. The van der Waals surface area contributed by atoms with Crippen molar-refractivity contribution in [3.63, 3.8) is 0 Å². The van der Waals surface area contributed by atoms with Crippen LogP contribution in [0.2, 0.25) is 5.28 Å². The van der Waals surface area contributed by atoms with Gasteiger partial charge in [-0.05, 0) is 55.0 Å². The highest BCUT2D eigenvalue weighted by molar-refractivity contribution is 7.19. The van der Waals surface area contributed by atoms with Crippen LogP contribution < -0.4 is 5.32 Å². The Labute approximate surface area is 149 Å². The topological polar surface area (TPSA) is 61.6 Å². The molecule has 2 aromatic heterocycles. The fourth-order valence-electron chi connectivity index (χ4n) is 3.22. The molecule has 0 spiro atoms. The van der Waals surface area contributed by atoms with Gasteiger partial charge >= 0.3 is 0 Å². The van der Waals surface area contributed by atoms with Gasteiger partial charge < -0.3 is 5.32 Å². The van der Waals surface area contributed by atoms with Crippen molar-refractivity contribution in [1.29, 1.82) is 5.26 Å². The maximum atomic E-state index is 9.31. The van der Waals surface area contributed by atoms with Gasteiger partial charge in [0.1, 0.15) is 16.7 Å². The molecule has 0 fully saturated rings. The molecule has 1 aromatic carbocycles. The van der Waals surface area contributed by atoms with E-state index in [1.165, 1.54) is 29.7 Å². The summed E-state index contributed by atoms with van der Waals surface area (Å²) in [4.78, 5) is 11.2. The van der Waals surface area contributed by atoms with Crippen molar-refractivity contribution in [3.8, 4) is 6.07 Å². The van der Waals surface area contributed by atoms with E-state index in [0.717, 1.165) is 28.7 Å². The second-order valence-electron chi connectivity index (χ2n) is 5.87. The van der Waals surface area contributed by atoms with E-state index in [-0.39, 0.29) is 5.28 Å². The molecule has 24 heavy (non-hydrogen) atoms. The molecule has 0 amide bonds. The number of anilines is 2. The van der Waals surface area contributed by atoms with Crippen molar-refractivity contribution in [2.45, 2.75) is 32.1 Å². The number of rotatable bonds is 2. The summed E-state index contributed by atoms with van der Waals surface area (Å²) >= 11 is 7.86. The van der Waals surface area contributed by atoms with Gasteiger partial charge in [-0.2, -0.15) is 10.2 Å². The Balaban J connectivity index is 1.88. The summed E-state index contributed by atoms with van der Waals surface area (Å²) in [5.74, 6) is 0.701. The van der Waals surface area contributed by atoms with Crippen LogP contribution in [0, 0.1) is 11.3 Å². The standard InChI is InChI=1S/C18H15ClN4S/c19-18-22-16(21-13-8-5-4-6-11(13)10-20)15-12-7-2-1-3-9-14(12)24-17(15)23-18/h4-6,8H,1-3,7,9H2,(H,21,22,23). The maximum absolute atomic E-state index is 9.31.